The predicted octanol–water partition coefficient (Wildman–Crippen LogP) is 0.760. The first kappa shape index (κ1) is 9.44. The second-order valence-electron chi connectivity index (χ2n) is 2.51. The molecule has 0 spiro atoms. The first-order chi connectivity index (χ1) is 6.25. The molecule has 0 unspecified atom stereocenters. The van der Waals surface area contributed by atoms with Crippen molar-refractivity contribution in [2.45, 2.75) is 13.3 Å². The number of hydrogen-bond acceptors (Lipinski definition) is 3. The number of nitrogens with one attached hydrogen (secondary N) is 1. The molecular weight excluding hydrogens is 170 g/mol. The van der Waals surface area contributed by atoms with Gasteiger partial charge in [0, 0.05) is 6.54 Å². The Morgan fingerprint density at radius 3 is 3.00 bits per heavy atom. The Kier molecular flexibility index (Phi) is 3.19. The number of hydrogen-bond donors (Lipinski definition) is 1. The van der Waals surface area contributed by atoms with Gasteiger partial charge in [0.05, 0.1) is 6.20 Å². The van der Waals surface area contributed by atoms with Gasteiger partial charge in [-0.25, -0.2) is 0 Å². The minimum atomic E-state index is -0.587. The van der Waals surface area contributed by atoms with Gasteiger partial charge in [0.25, 0.3) is 5.91 Å². The van der Waals surface area contributed by atoms with Crippen LogP contribution >= 0.6 is 0 Å². The molecule has 0 aliphatic carbocycles. The van der Waals surface area contributed by atoms with Gasteiger partial charge >= 0.3 is 5.88 Å². The van der Waals surface area contributed by atoms with Gasteiger partial charge in [0.15, 0.2) is 0 Å². The van der Waals surface area contributed by atoms with Crippen LogP contribution in [-0.4, -0.2) is 22.6 Å². The number of rotatable bonds is 3. The molecule has 0 saturated carbocycles. The molecule has 13 heavy (non-hydrogen) atoms. The molecule has 0 aliphatic heterocycles. The van der Waals surface area contributed by atoms with E-state index in [-0.39, 0.29) is 11.5 Å². The summed E-state index contributed by atoms with van der Waals surface area (Å²) < 4.78 is 0. The van der Waals surface area contributed by atoms with Gasteiger partial charge in [-0.05, 0) is 12.5 Å². The quantitative estimate of drug-likeness (QED) is 0.746. The lowest BCUT2D eigenvalue weighted by atomic mass is 10.3. The maximum absolute atomic E-state index is 11.2. The molecule has 1 rings (SSSR count). The van der Waals surface area contributed by atoms with Gasteiger partial charge in [-0.2, -0.15) is 5.10 Å². The van der Waals surface area contributed by atoms with Crippen molar-refractivity contribution in [1.29, 1.82) is 0 Å². The average Bonchev–Trinajstić information content (AvgIpc) is 2.15. The fourth-order valence-corrected chi connectivity index (χ4v) is 0.825. The third-order valence-corrected chi connectivity index (χ3v) is 1.47. The highest BCUT2D eigenvalue weighted by atomic mass is 16.3. The van der Waals surface area contributed by atoms with Gasteiger partial charge in [0.2, 0.25) is 0 Å². The summed E-state index contributed by atoms with van der Waals surface area (Å²) >= 11 is 0. The molecule has 5 heteroatoms. The van der Waals surface area contributed by atoms with Crippen molar-refractivity contribution in [2.24, 2.45) is 0 Å². The molecule has 0 atom stereocenters. The van der Waals surface area contributed by atoms with Crippen LogP contribution < -0.4 is 5.32 Å². The molecule has 1 aromatic heterocycles. The Hall–Kier alpha value is -1.65. The summed E-state index contributed by atoms with van der Waals surface area (Å²) in [5.41, 5.74) is 0.0449. The Morgan fingerprint density at radius 2 is 2.38 bits per heavy atom. The molecular formula is C8H10N3O2. The van der Waals surface area contributed by atoms with E-state index in [2.05, 4.69) is 15.5 Å². The first-order valence-electron chi connectivity index (χ1n) is 4.02. The molecule has 1 aromatic rings. The molecule has 1 amide bonds. The lowest BCUT2D eigenvalue weighted by molar-refractivity contribution is 0.0948. The van der Waals surface area contributed by atoms with Crippen LogP contribution in [0.2, 0.25) is 0 Å². The topological polar surface area (TPSA) is 74.8 Å². The van der Waals surface area contributed by atoms with E-state index < -0.39 is 5.88 Å². The summed E-state index contributed by atoms with van der Waals surface area (Å²) in [6.45, 7) is 2.49. The summed E-state index contributed by atoms with van der Waals surface area (Å²) in [7, 11) is 0. The second-order valence-corrected chi connectivity index (χ2v) is 2.51. The van der Waals surface area contributed by atoms with Crippen LogP contribution in [0, 0.1) is 0 Å². The van der Waals surface area contributed by atoms with E-state index in [0.29, 0.717) is 6.54 Å². The van der Waals surface area contributed by atoms with Crippen LogP contribution in [0.4, 0.5) is 0 Å². The van der Waals surface area contributed by atoms with Crippen molar-refractivity contribution in [3.8, 4) is 5.88 Å². The highest BCUT2D eigenvalue weighted by molar-refractivity contribution is 5.95. The zero-order valence-corrected chi connectivity index (χ0v) is 7.28. The minimum Gasteiger partial charge on any atom is -0.352 e. The highest BCUT2D eigenvalue weighted by Crippen LogP contribution is 2.10. The molecule has 0 saturated heterocycles. The second kappa shape index (κ2) is 4.39. The predicted molar refractivity (Wildman–Crippen MR) is 44.8 cm³/mol. The summed E-state index contributed by atoms with van der Waals surface area (Å²) in [5.74, 6) is -0.974. The van der Waals surface area contributed by atoms with E-state index in [1.807, 2.05) is 6.92 Å². The smallest absolute Gasteiger partial charge is 0.301 e. The molecule has 1 heterocycles. The Balaban J connectivity index is 2.71. The van der Waals surface area contributed by atoms with Crippen molar-refractivity contribution in [3.05, 3.63) is 17.8 Å². The van der Waals surface area contributed by atoms with E-state index >= 15 is 0 Å². The fraction of sp³-hybridized carbons (Fsp3) is 0.375. The van der Waals surface area contributed by atoms with Crippen molar-refractivity contribution < 1.29 is 9.90 Å². The van der Waals surface area contributed by atoms with Crippen molar-refractivity contribution in [3.63, 3.8) is 0 Å². The van der Waals surface area contributed by atoms with Gasteiger partial charge < -0.3 is 5.32 Å². The average molecular weight is 180 g/mol. The van der Waals surface area contributed by atoms with E-state index in [4.69, 9.17) is 0 Å². The monoisotopic (exact) mass is 180 g/mol. The largest absolute Gasteiger partial charge is 0.352 e. The molecule has 69 valence electrons. The lowest BCUT2D eigenvalue weighted by Gasteiger charge is -2.01. The van der Waals surface area contributed by atoms with Gasteiger partial charge in [-0.15, -0.1) is 5.10 Å². The van der Waals surface area contributed by atoms with E-state index in [0.717, 1.165) is 6.42 Å². The molecule has 0 aliphatic rings. The highest BCUT2D eigenvalue weighted by Gasteiger charge is 2.11. The molecule has 1 radical (unpaired) electrons. The number of aromatic nitrogens is 2. The third kappa shape index (κ3) is 2.40. The van der Waals surface area contributed by atoms with Crippen LogP contribution in [0.3, 0.4) is 0 Å². The van der Waals surface area contributed by atoms with Crippen LogP contribution in [0.5, 0.6) is 5.88 Å². The van der Waals surface area contributed by atoms with Crippen LogP contribution in [-0.2, 0) is 5.11 Å². The third-order valence-electron chi connectivity index (χ3n) is 1.47. The van der Waals surface area contributed by atoms with Gasteiger partial charge in [0.1, 0.15) is 5.56 Å². The zero-order chi connectivity index (χ0) is 9.68. The van der Waals surface area contributed by atoms with Crippen LogP contribution in [0.25, 0.3) is 0 Å². The van der Waals surface area contributed by atoms with E-state index in [9.17, 15) is 9.90 Å². The number of carbonyl (C=O) groups excluding carboxylic acids is 1. The van der Waals surface area contributed by atoms with Crippen LogP contribution in [0.1, 0.15) is 23.7 Å². The van der Waals surface area contributed by atoms with Gasteiger partial charge in [-0.1, -0.05) is 6.92 Å². The summed E-state index contributed by atoms with van der Waals surface area (Å²) in [6.07, 6.45) is 2.15. The first-order valence-corrected chi connectivity index (χ1v) is 4.02. The zero-order valence-electron chi connectivity index (χ0n) is 7.28. The SMILES string of the molecule is CCCNC(=O)c1ccnnc1[O]. The molecule has 0 fully saturated rings. The number of nitrogens with zero attached hydrogens (tertiary/aromatic N) is 2. The van der Waals surface area contributed by atoms with Crippen molar-refractivity contribution in [1.82, 2.24) is 15.5 Å². The fourth-order valence-electron chi connectivity index (χ4n) is 0.825. The molecule has 5 nitrogen and oxygen atoms in total. The van der Waals surface area contributed by atoms with E-state index in [1.54, 1.807) is 0 Å². The lowest BCUT2D eigenvalue weighted by Crippen LogP contribution is -2.24. The standard InChI is InChI=1S/C8H10N3O2/c1-2-4-9-7(12)6-3-5-10-11-8(6)13/h3,5H,2,4H2,1H3,(H,9,12). The number of carbonyl (C=O) groups is 1. The summed E-state index contributed by atoms with van der Waals surface area (Å²) in [6, 6.07) is 1.36. The Labute approximate surface area is 75.8 Å². The minimum absolute atomic E-state index is 0.0449. The molecule has 0 bridgehead atoms. The van der Waals surface area contributed by atoms with Crippen LogP contribution in [0.15, 0.2) is 12.3 Å². The molecule has 0 aromatic carbocycles. The Morgan fingerprint density at radius 1 is 1.62 bits per heavy atom. The van der Waals surface area contributed by atoms with Gasteiger partial charge in [-0.3, -0.25) is 9.90 Å². The van der Waals surface area contributed by atoms with Crippen molar-refractivity contribution >= 4 is 5.91 Å². The molecule has 1 N–H and O–H groups in total. The summed E-state index contributed by atoms with van der Waals surface area (Å²) in [4.78, 5) is 11.2. The maximum atomic E-state index is 11.2. The van der Waals surface area contributed by atoms with Crippen molar-refractivity contribution in [2.75, 3.05) is 6.54 Å². The van der Waals surface area contributed by atoms with E-state index in [1.165, 1.54) is 12.3 Å². The Bertz CT molecular complexity index is 301. The maximum Gasteiger partial charge on any atom is 0.301 e. The normalized spacial score (nSPS) is 9.62. The number of amides is 1. The summed E-state index contributed by atoms with van der Waals surface area (Å²) in [5, 5.41) is 20.2.